The number of nitrogens with one attached hydrogen (secondary N) is 2. The molecule has 7 nitrogen and oxygen atoms in total. The molecule has 2 amide bonds. The maximum atomic E-state index is 13.3. The summed E-state index contributed by atoms with van der Waals surface area (Å²) in [4.78, 5) is 43.6. The average Bonchev–Trinajstić information content (AvgIpc) is 3.11. The zero-order valence-electron chi connectivity index (χ0n) is 17.5. The van der Waals surface area contributed by atoms with Crippen molar-refractivity contribution in [2.24, 2.45) is 0 Å². The summed E-state index contributed by atoms with van der Waals surface area (Å²) in [5.74, 6) is -1.65. The fourth-order valence-electron chi connectivity index (χ4n) is 3.30. The van der Waals surface area contributed by atoms with Crippen LogP contribution in [-0.4, -0.2) is 21.2 Å². The summed E-state index contributed by atoms with van der Waals surface area (Å²) < 4.78 is 14.3. The van der Waals surface area contributed by atoms with Crippen LogP contribution < -0.4 is 16.2 Å². The zero-order valence-corrected chi connectivity index (χ0v) is 18.3. The fraction of sp³-hybridized carbons (Fsp3) is 0.130. The Labute approximate surface area is 186 Å². The Balaban J connectivity index is 1.80. The van der Waals surface area contributed by atoms with E-state index in [-0.39, 0.29) is 15.5 Å². The number of anilines is 2. The van der Waals surface area contributed by atoms with E-state index in [1.165, 1.54) is 30.3 Å². The SMILES string of the molecule is Cc1ccc(NC(=O)c2c(C(=O)Nc3ccc(F)cc3)sc3nc(C)cc(=O)n23)c(C)c1. The highest BCUT2D eigenvalue weighted by molar-refractivity contribution is 7.19. The van der Waals surface area contributed by atoms with Crippen LogP contribution >= 0.6 is 11.3 Å². The van der Waals surface area contributed by atoms with Crippen molar-refractivity contribution in [3.63, 3.8) is 0 Å². The van der Waals surface area contributed by atoms with Crippen molar-refractivity contribution < 1.29 is 14.0 Å². The third-order valence-corrected chi connectivity index (χ3v) is 5.84. The van der Waals surface area contributed by atoms with Gasteiger partial charge in [-0.15, -0.1) is 0 Å². The summed E-state index contributed by atoms with van der Waals surface area (Å²) in [6.45, 7) is 5.46. The lowest BCUT2D eigenvalue weighted by molar-refractivity contribution is 0.0989. The molecule has 4 rings (SSSR count). The molecule has 32 heavy (non-hydrogen) atoms. The predicted molar refractivity (Wildman–Crippen MR) is 122 cm³/mol. The molecule has 0 atom stereocenters. The highest BCUT2D eigenvalue weighted by Gasteiger charge is 2.26. The van der Waals surface area contributed by atoms with Crippen molar-refractivity contribution in [1.29, 1.82) is 0 Å². The van der Waals surface area contributed by atoms with E-state index in [1.54, 1.807) is 13.0 Å². The summed E-state index contributed by atoms with van der Waals surface area (Å²) in [6, 6.07) is 12.1. The average molecular weight is 450 g/mol. The lowest BCUT2D eigenvalue weighted by atomic mass is 10.1. The van der Waals surface area contributed by atoms with Crippen LogP contribution in [0.15, 0.2) is 53.3 Å². The molecule has 0 aliphatic heterocycles. The number of carbonyl (C=O) groups is 2. The van der Waals surface area contributed by atoms with Gasteiger partial charge in [-0.3, -0.25) is 14.4 Å². The Morgan fingerprint density at radius 1 is 0.969 bits per heavy atom. The van der Waals surface area contributed by atoms with Crippen molar-refractivity contribution in [3.05, 3.63) is 92.1 Å². The summed E-state index contributed by atoms with van der Waals surface area (Å²) >= 11 is 0.933. The van der Waals surface area contributed by atoms with Gasteiger partial charge in [0.15, 0.2) is 4.96 Å². The molecule has 0 unspecified atom stereocenters. The highest BCUT2D eigenvalue weighted by Crippen LogP contribution is 2.25. The van der Waals surface area contributed by atoms with E-state index >= 15 is 0 Å². The minimum absolute atomic E-state index is 0.0202. The molecule has 162 valence electrons. The van der Waals surface area contributed by atoms with Crippen LogP contribution in [0.3, 0.4) is 0 Å². The molecule has 0 bridgehead atoms. The summed E-state index contributed by atoms with van der Waals surface area (Å²) in [7, 11) is 0. The number of amides is 2. The molecule has 0 saturated carbocycles. The van der Waals surface area contributed by atoms with Crippen LogP contribution in [0, 0.1) is 26.6 Å². The van der Waals surface area contributed by atoms with Crippen molar-refractivity contribution >= 4 is 39.5 Å². The van der Waals surface area contributed by atoms with Gasteiger partial charge >= 0.3 is 0 Å². The van der Waals surface area contributed by atoms with Crippen molar-refractivity contribution in [3.8, 4) is 0 Å². The molecule has 0 saturated heterocycles. The molecule has 4 aromatic rings. The largest absolute Gasteiger partial charge is 0.321 e. The van der Waals surface area contributed by atoms with E-state index in [0.29, 0.717) is 17.1 Å². The van der Waals surface area contributed by atoms with Crippen molar-refractivity contribution in [1.82, 2.24) is 9.38 Å². The first-order valence-corrected chi connectivity index (χ1v) is 10.5. The third-order valence-electron chi connectivity index (χ3n) is 4.80. The molecule has 9 heteroatoms. The standard InChI is InChI=1S/C23H19FN4O3S/c1-12-4-9-17(13(2)10-12)27-21(30)19-20(22(31)26-16-7-5-15(24)6-8-16)32-23-25-14(3)11-18(29)28(19)23/h4-11H,1-3H3,(H,26,31)(H,27,30). The number of fused-ring (bicyclic) bond motifs is 1. The van der Waals surface area contributed by atoms with Crippen LogP contribution in [-0.2, 0) is 0 Å². The summed E-state index contributed by atoms with van der Waals surface area (Å²) in [5, 5.41) is 5.43. The minimum atomic E-state index is -0.611. The number of hydrogen-bond acceptors (Lipinski definition) is 5. The number of hydrogen-bond donors (Lipinski definition) is 2. The highest BCUT2D eigenvalue weighted by atomic mass is 32.1. The number of halogens is 1. The number of thiazole rings is 1. The van der Waals surface area contributed by atoms with E-state index in [1.807, 2.05) is 26.0 Å². The Hall–Kier alpha value is -3.85. The molecule has 0 fully saturated rings. The second kappa shape index (κ2) is 8.35. The fourth-order valence-corrected chi connectivity index (χ4v) is 4.37. The number of carbonyl (C=O) groups excluding carboxylic acids is 2. The Bertz CT molecular complexity index is 1420. The van der Waals surface area contributed by atoms with E-state index < -0.39 is 23.2 Å². The first kappa shape index (κ1) is 21.4. The van der Waals surface area contributed by atoms with Gasteiger partial charge in [-0.2, -0.15) is 0 Å². The monoisotopic (exact) mass is 450 g/mol. The van der Waals surface area contributed by atoms with Crippen LogP contribution in [0.2, 0.25) is 0 Å². The molecular weight excluding hydrogens is 431 g/mol. The normalized spacial score (nSPS) is 10.9. The molecule has 0 aliphatic carbocycles. The Morgan fingerprint density at radius 3 is 2.38 bits per heavy atom. The number of benzene rings is 2. The van der Waals surface area contributed by atoms with E-state index in [2.05, 4.69) is 15.6 Å². The van der Waals surface area contributed by atoms with Gasteiger partial charge < -0.3 is 10.6 Å². The van der Waals surface area contributed by atoms with Crippen LogP contribution in [0.25, 0.3) is 4.96 Å². The molecule has 0 radical (unpaired) electrons. The first-order chi connectivity index (χ1) is 15.2. The van der Waals surface area contributed by atoms with E-state index in [0.717, 1.165) is 26.9 Å². The molecule has 2 heterocycles. The smallest absolute Gasteiger partial charge is 0.274 e. The Kier molecular flexibility index (Phi) is 5.58. The Morgan fingerprint density at radius 2 is 1.69 bits per heavy atom. The lowest BCUT2D eigenvalue weighted by Crippen LogP contribution is -2.25. The first-order valence-electron chi connectivity index (χ1n) is 9.71. The van der Waals surface area contributed by atoms with Gasteiger partial charge in [-0.25, -0.2) is 13.8 Å². The van der Waals surface area contributed by atoms with Gasteiger partial charge in [0.05, 0.1) is 0 Å². The second-order valence-electron chi connectivity index (χ2n) is 7.37. The molecular formula is C23H19FN4O3S. The minimum Gasteiger partial charge on any atom is -0.321 e. The van der Waals surface area contributed by atoms with Crippen LogP contribution in [0.1, 0.15) is 37.0 Å². The molecule has 2 aromatic heterocycles. The molecule has 0 spiro atoms. The second-order valence-corrected chi connectivity index (χ2v) is 8.34. The van der Waals surface area contributed by atoms with Gasteiger partial charge in [0.25, 0.3) is 17.4 Å². The van der Waals surface area contributed by atoms with Gasteiger partial charge in [0, 0.05) is 23.1 Å². The number of aromatic nitrogens is 2. The van der Waals surface area contributed by atoms with Gasteiger partial charge in [-0.1, -0.05) is 29.0 Å². The number of aryl methyl sites for hydroxylation is 3. The maximum absolute atomic E-state index is 13.3. The topological polar surface area (TPSA) is 92.6 Å². The van der Waals surface area contributed by atoms with Crippen LogP contribution in [0.4, 0.5) is 15.8 Å². The number of nitrogens with zero attached hydrogens (tertiary/aromatic N) is 2. The molecule has 2 N–H and O–H groups in total. The predicted octanol–water partition coefficient (Wildman–Crippen LogP) is 4.32. The van der Waals surface area contributed by atoms with Crippen molar-refractivity contribution in [2.45, 2.75) is 20.8 Å². The zero-order chi connectivity index (χ0) is 23.0. The molecule has 2 aromatic carbocycles. The van der Waals surface area contributed by atoms with Gasteiger partial charge in [0.1, 0.15) is 16.4 Å². The third kappa shape index (κ3) is 4.15. The summed E-state index contributed by atoms with van der Waals surface area (Å²) in [5.41, 5.74) is 2.71. The van der Waals surface area contributed by atoms with Crippen molar-refractivity contribution in [2.75, 3.05) is 10.6 Å². The maximum Gasteiger partial charge on any atom is 0.274 e. The van der Waals surface area contributed by atoms with Gasteiger partial charge in [-0.05, 0) is 56.7 Å². The van der Waals surface area contributed by atoms with E-state index in [9.17, 15) is 18.8 Å². The quantitative estimate of drug-likeness (QED) is 0.484. The van der Waals surface area contributed by atoms with Crippen LogP contribution in [0.5, 0.6) is 0 Å². The number of rotatable bonds is 4. The van der Waals surface area contributed by atoms with E-state index in [4.69, 9.17) is 0 Å². The van der Waals surface area contributed by atoms with Gasteiger partial charge in [0.2, 0.25) is 0 Å². The summed E-state index contributed by atoms with van der Waals surface area (Å²) in [6.07, 6.45) is 0. The lowest BCUT2D eigenvalue weighted by Gasteiger charge is -2.10. The molecule has 0 aliphatic rings.